The van der Waals surface area contributed by atoms with Crippen molar-refractivity contribution in [2.75, 3.05) is 4.90 Å². The molecule has 23 heavy (non-hydrogen) atoms. The summed E-state index contributed by atoms with van der Waals surface area (Å²) in [5, 5.41) is 4.43. The lowest BCUT2D eigenvalue weighted by Gasteiger charge is -2.12. The van der Waals surface area contributed by atoms with E-state index in [-0.39, 0.29) is 11.8 Å². The lowest BCUT2D eigenvalue weighted by atomic mass is 10.1. The van der Waals surface area contributed by atoms with Crippen LogP contribution in [0.25, 0.3) is 11.3 Å². The van der Waals surface area contributed by atoms with Crippen molar-refractivity contribution in [3.05, 3.63) is 71.8 Å². The van der Waals surface area contributed by atoms with Gasteiger partial charge in [0.1, 0.15) is 5.82 Å². The fourth-order valence-corrected chi connectivity index (χ4v) is 2.81. The Labute approximate surface area is 132 Å². The number of imide groups is 1. The zero-order chi connectivity index (χ0) is 16.0. The number of hydrogen-bond donors (Lipinski definition) is 0. The van der Waals surface area contributed by atoms with Crippen molar-refractivity contribution in [1.29, 1.82) is 0 Å². The summed E-state index contributed by atoms with van der Waals surface area (Å²) in [5.74, 6) is -0.156. The first kappa shape index (κ1) is 13.5. The molecule has 2 aromatic carbocycles. The molecule has 3 aromatic rings. The average molecular weight is 303 g/mol. The smallest absolute Gasteiger partial charge is 0.267 e. The molecule has 0 unspecified atom stereocenters. The van der Waals surface area contributed by atoms with Crippen LogP contribution < -0.4 is 4.90 Å². The Morgan fingerprint density at radius 3 is 2.00 bits per heavy atom. The van der Waals surface area contributed by atoms with Gasteiger partial charge < -0.3 is 0 Å². The first-order valence-corrected chi connectivity index (χ1v) is 7.24. The number of fused-ring (bicyclic) bond motifs is 1. The van der Waals surface area contributed by atoms with Gasteiger partial charge in [0.15, 0.2) is 0 Å². The topological polar surface area (TPSA) is 55.2 Å². The van der Waals surface area contributed by atoms with E-state index in [4.69, 9.17) is 0 Å². The maximum Gasteiger partial charge on any atom is 0.267 e. The first-order valence-electron chi connectivity index (χ1n) is 7.24. The molecule has 5 nitrogen and oxygen atoms in total. The molecular formula is C18H13N3O2. The average Bonchev–Trinajstić information content (AvgIpc) is 3.08. The van der Waals surface area contributed by atoms with E-state index in [1.165, 1.54) is 4.90 Å². The van der Waals surface area contributed by atoms with Gasteiger partial charge in [-0.1, -0.05) is 42.5 Å². The van der Waals surface area contributed by atoms with Crippen molar-refractivity contribution in [3.63, 3.8) is 0 Å². The van der Waals surface area contributed by atoms with Crippen LogP contribution in [0.1, 0.15) is 20.7 Å². The van der Waals surface area contributed by atoms with E-state index in [0.29, 0.717) is 16.9 Å². The summed E-state index contributed by atoms with van der Waals surface area (Å²) in [6.45, 7) is 0. The fraction of sp³-hybridized carbons (Fsp3) is 0.0556. The number of aryl methyl sites for hydroxylation is 1. The normalized spacial score (nSPS) is 13.5. The highest BCUT2D eigenvalue weighted by Crippen LogP contribution is 2.30. The maximum atomic E-state index is 12.6. The molecule has 1 aromatic heterocycles. The summed E-state index contributed by atoms with van der Waals surface area (Å²) in [5.41, 5.74) is 2.52. The summed E-state index contributed by atoms with van der Waals surface area (Å²) in [6.07, 6.45) is 0. The largest absolute Gasteiger partial charge is 0.268 e. The van der Waals surface area contributed by atoms with Gasteiger partial charge in [0.25, 0.3) is 11.8 Å². The van der Waals surface area contributed by atoms with Crippen molar-refractivity contribution in [1.82, 2.24) is 9.78 Å². The van der Waals surface area contributed by atoms with Crippen LogP contribution in [0.15, 0.2) is 60.7 Å². The zero-order valence-corrected chi connectivity index (χ0v) is 12.4. The predicted octanol–water partition coefficient (Wildman–Crippen LogP) is 2.89. The number of carbonyl (C=O) groups is 2. The van der Waals surface area contributed by atoms with Crippen molar-refractivity contribution >= 4 is 17.6 Å². The maximum absolute atomic E-state index is 12.6. The molecule has 0 spiro atoms. The highest BCUT2D eigenvalue weighted by molar-refractivity contribution is 6.34. The SMILES string of the molecule is Cn1nc(-c2ccccc2)cc1N1C(=O)c2ccccc2C1=O. The number of amides is 2. The van der Waals surface area contributed by atoms with E-state index in [0.717, 1.165) is 11.3 Å². The molecular weight excluding hydrogens is 290 g/mol. The van der Waals surface area contributed by atoms with E-state index in [2.05, 4.69) is 5.10 Å². The molecule has 1 aliphatic heterocycles. The Balaban J connectivity index is 1.80. The van der Waals surface area contributed by atoms with Gasteiger partial charge in [-0.25, -0.2) is 4.90 Å². The minimum absolute atomic E-state index is 0.312. The number of anilines is 1. The number of benzene rings is 2. The van der Waals surface area contributed by atoms with Crippen molar-refractivity contribution in [2.45, 2.75) is 0 Å². The Kier molecular flexibility index (Phi) is 2.87. The number of hydrogen-bond acceptors (Lipinski definition) is 3. The molecule has 0 radical (unpaired) electrons. The van der Waals surface area contributed by atoms with E-state index in [1.54, 1.807) is 42.1 Å². The van der Waals surface area contributed by atoms with Crippen LogP contribution in [-0.2, 0) is 7.05 Å². The molecule has 0 aliphatic carbocycles. The Bertz CT molecular complexity index is 893. The monoisotopic (exact) mass is 303 g/mol. The standard InChI is InChI=1S/C18H13N3O2/c1-20-16(11-15(19-20)12-7-3-2-4-8-12)21-17(22)13-9-5-6-10-14(13)18(21)23/h2-11H,1H3. The lowest BCUT2D eigenvalue weighted by Crippen LogP contribution is -2.31. The zero-order valence-electron chi connectivity index (χ0n) is 12.4. The van der Waals surface area contributed by atoms with Gasteiger partial charge in [-0.3, -0.25) is 14.3 Å². The summed E-state index contributed by atoms with van der Waals surface area (Å²) in [6, 6.07) is 18.3. The third-order valence-corrected chi connectivity index (χ3v) is 3.95. The van der Waals surface area contributed by atoms with E-state index < -0.39 is 0 Å². The summed E-state index contributed by atoms with van der Waals surface area (Å²) >= 11 is 0. The predicted molar refractivity (Wildman–Crippen MR) is 86.2 cm³/mol. The second-order valence-corrected chi connectivity index (χ2v) is 5.37. The molecule has 2 heterocycles. The lowest BCUT2D eigenvalue weighted by molar-refractivity contribution is 0.0924. The quantitative estimate of drug-likeness (QED) is 0.684. The van der Waals surface area contributed by atoms with E-state index in [9.17, 15) is 9.59 Å². The van der Waals surface area contributed by atoms with Crippen LogP contribution >= 0.6 is 0 Å². The van der Waals surface area contributed by atoms with Crippen LogP contribution in [-0.4, -0.2) is 21.6 Å². The van der Waals surface area contributed by atoms with Crippen LogP contribution in [0, 0.1) is 0 Å². The highest BCUT2D eigenvalue weighted by atomic mass is 16.2. The number of carbonyl (C=O) groups excluding carboxylic acids is 2. The van der Waals surface area contributed by atoms with Gasteiger partial charge >= 0.3 is 0 Å². The number of nitrogens with zero attached hydrogens (tertiary/aromatic N) is 3. The molecule has 0 saturated heterocycles. The summed E-state index contributed by atoms with van der Waals surface area (Å²) in [7, 11) is 1.73. The van der Waals surface area contributed by atoms with Crippen molar-refractivity contribution < 1.29 is 9.59 Å². The molecule has 0 N–H and O–H groups in total. The molecule has 4 rings (SSSR count). The van der Waals surface area contributed by atoms with Crippen LogP contribution in [0.4, 0.5) is 5.82 Å². The molecule has 5 heteroatoms. The Morgan fingerprint density at radius 1 is 0.826 bits per heavy atom. The van der Waals surface area contributed by atoms with Gasteiger partial charge in [0.05, 0.1) is 16.8 Å². The molecule has 0 fully saturated rings. The van der Waals surface area contributed by atoms with Gasteiger partial charge in [-0.15, -0.1) is 0 Å². The first-order chi connectivity index (χ1) is 11.2. The van der Waals surface area contributed by atoms with Crippen LogP contribution in [0.5, 0.6) is 0 Å². The van der Waals surface area contributed by atoms with Gasteiger partial charge in [0.2, 0.25) is 0 Å². The summed E-state index contributed by atoms with van der Waals surface area (Å²) in [4.78, 5) is 26.3. The van der Waals surface area contributed by atoms with Crippen LogP contribution in [0.3, 0.4) is 0 Å². The van der Waals surface area contributed by atoms with Gasteiger partial charge in [0, 0.05) is 18.7 Å². The molecule has 112 valence electrons. The Hall–Kier alpha value is -3.21. The highest BCUT2D eigenvalue weighted by Gasteiger charge is 2.38. The molecule has 0 bridgehead atoms. The van der Waals surface area contributed by atoms with E-state index in [1.807, 2.05) is 30.3 Å². The summed E-state index contributed by atoms with van der Waals surface area (Å²) < 4.78 is 1.56. The van der Waals surface area contributed by atoms with Crippen molar-refractivity contribution in [3.8, 4) is 11.3 Å². The Morgan fingerprint density at radius 2 is 1.39 bits per heavy atom. The fourth-order valence-electron chi connectivity index (χ4n) is 2.81. The molecule has 2 amide bonds. The minimum Gasteiger partial charge on any atom is -0.268 e. The van der Waals surface area contributed by atoms with E-state index >= 15 is 0 Å². The van der Waals surface area contributed by atoms with Crippen molar-refractivity contribution in [2.24, 2.45) is 7.05 Å². The van der Waals surface area contributed by atoms with Crippen LogP contribution in [0.2, 0.25) is 0 Å². The third kappa shape index (κ3) is 1.97. The number of rotatable bonds is 2. The molecule has 0 atom stereocenters. The third-order valence-electron chi connectivity index (χ3n) is 3.95. The second-order valence-electron chi connectivity index (χ2n) is 5.37. The molecule has 0 saturated carbocycles. The number of aromatic nitrogens is 2. The van der Waals surface area contributed by atoms with Gasteiger partial charge in [-0.2, -0.15) is 5.10 Å². The van der Waals surface area contributed by atoms with Gasteiger partial charge in [-0.05, 0) is 12.1 Å². The molecule has 1 aliphatic rings. The second kappa shape index (κ2) is 4.91. The minimum atomic E-state index is -0.312.